The van der Waals surface area contributed by atoms with E-state index in [4.69, 9.17) is 10.00 Å². The number of rotatable bonds is 5. The molecule has 0 aliphatic rings. The molecule has 3 heteroatoms. The van der Waals surface area contributed by atoms with Crippen molar-refractivity contribution in [3.8, 4) is 11.8 Å². The molecule has 102 valence electrons. The van der Waals surface area contributed by atoms with Gasteiger partial charge >= 0.3 is 0 Å². The van der Waals surface area contributed by atoms with E-state index in [1.165, 1.54) is 5.56 Å². The lowest BCUT2D eigenvalue weighted by Gasteiger charge is -2.16. The highest BCUT2D eigenvalue weighted by atomic mass is 16.5. The number of benzene rings is 2. The summed E-state index contributed by atoms with van der Waals surface area (Å²) in [5.41, 5.74) is 2.80. The maximum Gasteiger partial charge on any atom is 0.118 e. The Balaban J connectivity index is 2.01. The van der Waals surface area contributed by atoms with Crippen LogP contribution in [0.3, 0.4) is 0 Å². The van der Waals surface area contributed by atoms with Crippen LogP contribution in [0.1, 0.15) is 18.1 Å². The van der Waals surface area contributed by atoms with Crippen molar-refractivity contribution in [3.05, 3.63) is 59.7 Å². The summed E-state index contributed by atoms with van der Waals surface area (Å²) in [6.45, 7) is 2.11. The summed E-state index contributed by atoms with van der Waals surface area (Å²) in [6.07, 6.45) is 0.893. The van der Waals surface area contributed by atoms with Gasteiger partial charge < -0.3 is 10.1 Å². The minimum atomic E-state index is 0.248. The molecule has 2 aromatic rings. The van der Waals surface area contributed by atoms with Crippen LogP contribution in [0.5, 0.6) is 5.75 Å². The third-order valence-corrected chi connectivity index (χ3v) is 3.15. The average molecular weight is 266 g/mol. The van der Waals surface area contributed by atoms with Crippen molar-refractivity contribution in [2.75, 3.05) is 12.4 Å². The summed E-state index contributed by atoms with van der Waals surface area (Å²) < 4.78 is 5.15. The van der Waals surface area contributed by atoms with E-state index in [1.54, 1.807) is 7.11 Å². The lowest BCUT2D eigenvalue weighted by atomic mass is 10.1. The molecule has 0 saturated heterocycles. The Morgan fingerprint density at radius 3 is 2.50 bits per heavy atom. The number of nitrogens with zero attached hydrogens (tertiary/aromatic N) is 1. The molecule has 0 aromatic heterocycles. The Bertz CT molecular complexity index is 599. The third-order valence-electron chi connectivity index (χ3n) is 3.15. The molecule has 1 atom stereocenters. The van der Waals surface area contributed by atoms with Gasteiger partial charge in [-0.1, -0.05) is 24.3 Å². The van der Waals surface area contributed by atoms with Crippen LogP contribution in [0.25, 0.3) is 0 Å². The maximum atomic E-state index is 9.07. The monoisotopic (exact) mass is 266 g/mol. The van der Waals surface area contributed by atoms with Gasteiger partial charge in [0.2, 0.25) is 0 Å². The summed E-state index contributed by atoms with van der Waals surface area (Å²) in [7, 11) is 1.66. The Kier molecular flexibility index (Phi) is 4.62. The fourth-order valence-electron chi connectivity index (χ4n) is 2.14. The van der Waals surface area contributed by atoms with Crippen LogP contribution in [-0.2, 0) is 6.42 Å². The number of para-hydroxylation sites is 1. The van der Waals surface area contributed by atoms with Crippen molar-refractivity contribution in [1.29, 1.82) is 5.26 Å². The second kappa shape index (κ2) is 6.63. The van der Waals surface area contributed by atoms with Crippen molar-refractivity contribution in [2.24, 2.45) is 0 Å². The van der Waals surface area contributed by atoms with Crippen LogP contribution in [-0.4, -0.2) is 13.2 Å². The number of ether oxygens (including phenoxy) is 1. The molecule has 2 rings (SSSR count). The molecule has 3 nitrogen and oxygen atoms in total. The Morgan fingerprint density at radius 1 is 1.15 bits per heavy atom. The van der Waals surface area contributed by atoms with E-state index < -0.39 is 0 Å². The van der Waals surface area contributed by atoms with Crippen LogP contribution >= 0.6 is 0 Å². The van der Waals surface area contributed by atoms with Gasteiger partial charge in [0.05, 0.1) is 18.4 Å². The molecular weight excluding hydrogens is 248 g/mol. The predicted molar refractivity (Wildman–Crippen MR) is 80.9 cm³/mol. The van der Waals surface area contributed by atoms with Crippen molar-refractivity contribution < 1.29 is 4.74 Å². The summed E-state index contributed by atoms with van der Waals surface area (Å²) in [4.78, 5) is 0. The van der Waals surface area contributed by atoms with Gasteiger partial charge in [0, 0.05) is 6.04 Å². The summed E-state index contributed by atoms with van der Waals surface area (Å²) in [6, 6.07) is 18.1. The molecule has 0 saturated carbocycles. The highest BCUT2D eigenvalue weighted by Gasteiger charge is 2.06. The molecule has 20 heavy (non-hydrogen) atoms. The SMILES string of the molecule is COc1ccc(CC(C)Nc2ccccc2C#N)cc1. The average Bonchev–Trinajstić information content (AvgIpc) is 2.48. The minimum absolute atomic E-state index is 0.248. The second-order valence-electron chi connectivity index (χ2n) is 4.75. The van der Waals surface area contributed by atoms with Gasteiger partial charge in [-0.05, 0) is 43.2 Å². The lowest BCUT2D eigenvalue weighted by Crippen LogP contribution is -2.18. The van der Waals surface area contributed by atoms with Gasteiger partial charge in [0.1, 0.15) is 11.8 Å². The Hall–Kier alpha value is -2.47. The van der Waals surface area contributed by atoms with Crippen molar-refractivity contribution in [2.45, 2.75) is 19.4 Å². The molecule has 0 spiro atoms. The van der Waals surface area contributed by atoms with E-state index in [-0.39, 0.29) is 6.04 Å². The largest absolute Gasteiger partial charge is 0.497 e. The molecule has 0 amide bonds. The van der Waals surface area contributed by atoms with Crippen LogP contribution in [0.4, 0.5) is 5.69 Å². The van der Waals surface area contributed by atoms with Crippen LogP contribution < -0.4 is 10.1 Å². The normalized spacial score (nSPS) is 11.4. The van der Waals surface area contributed by atoms with E-state index in [0.29, 0.717) is 5.56 Å². The molecule has 0 aliphatic carbocycles. The second-order valence-corrected chi connectivity index (χ2v) is 4.75. The van der Waals surface area contributed by atoms with E-state index in [2.05, 4.69) is 30.4 Å². The lowest BCUT2D eigenvalue weighted by molar-refractivity contribution is 0.414. The van der Waals surface area contributed by atoms with E-state index in [1.807, 2.05) is 36.4 Å². The van der Waals surface area contributed by atoms with E-state index in [9.17, 15) is 0 Å². The van der Waals surface area contributed by atoms with Crippen molar-refractivity contribution >= 4 is 5.69 Å². The number of methoxy groups -OCH3 is 1. The molecule has 0 radical (unpaired) electrons. The predicted octanol–water partition coefficient (Wildman–Crippen LogP) is 3.61. The standard InChI is InChI=1S/C17H18N2O/c1-13(11-14-7-9-16(20-2)10-8-14)19-17-6-4-3-5-15(17)12-18/h3-10,13,19H,11H2,1-2H3. The number of anilines is 1. The van der Waals surface area contributed by atoms with Gasteiger partial charge in [-0.25, -0.2) is 0 Å². The Labute approximate surface area is 119 Å². The first-order chi connectivity index (χ1) is 9.72. The van der Waals surface area contributed by atoms with Crippen LogP contribution in [0, 0.1) is 11.3 Å². The number of hydrogen-bond acceptors (Lipinski definition) is 3. The first kappa shape index (κ1) is 14.0. The molecule has 0 bridgehead atoms. The highest BCUT2D eigenvalue weighted by Crippen LogP contribution is 2.17. The third kappa shape index (κ3) is 3.52. The molecule has 0 aliphatic heterocycles. The molecule has 0 heterocycles. The summed E-state index contributed by atoms with van der Waals surface area (Å²) in [5.74, 6) is 0.865. The summed E-state index contributed by atoms with van der Waals surface area (Å²) in [5, 5.41) is 12.5. The molecule has 0 fully saturated rings. The summed E-state index contributed by atoms with van der Waals surface area (Å²) >= 11 is 0. The smallest absolute Gasteiger partial charge is 0.118 e. The number of hydrogen-bond donors (Lipinski definition) is 1. The van der Waals surface area contributed by atoms with Gasteiger partial charge in [-0.2, -0.15) is 5.26 Å². The Morgan fingerprint density at radius 2 is 1.85 bits per heavy atom. The van der Waals surface area contributed by atoms with Crippen molar-refractivity contribution in [1.82, 2.24) is 0 Å². The highest BCUT2D eigenvalue weighted by molar-refractivity contribution is 5.57. The van der Waals surface area contributed by atoms with Gasteiger partial charge in [0.25, 0.3) is 0 Å². The maximum absolute atomic E-state index is 9.07. The van der Waals surface area contributed by atoms with Gasteiger partial charge in [-0.3, -0.25) is 0 Å². The zero-order valence-corrected chi connectivity index (χ0v) is 11.8. The zero-order chi connectivity index (χ0) is 14.4. The van der Waals surface area contributed by atoms with Gasteiger partial charge in [0.15, 0.2) is 0 Å². The van der Waals surface area contributed by atoms with Gasteiger partial charge in [-0.15, -0.1) is 0 Å². The zero-order valence-electron chi connectivity index (χ0n) is 11.8. The van der Waals surface area contributed by atoms with Crippen LogP contribution in [0.15, 0.2) is 48.5 Å². The molecule has 1 N–H and O–H groups in total. The number of nitrogens with one attached hydrogen (secondary N) is 1. The van der Waals surface area contributed by atoms with Crippen LogP contribution in [0.2, 0.25) is 0 Å². The topological polar surface area (TPSA) is 45.0 Å². The first-order valence-corrected chi connectivity index (χ1v) is 6.61. The molecule has 1 unspecified atom stereocenters. The molecular formula is C17H18N2O. The number of nitriles is 1. The first-order valence-electron chi connectivity index (χ1n) is 6.61. The quantitative estimate of drug-likeness (QED) is 0.899. The minimum Gasteiger partial charge on any atom is -0.497 e. The van der Waals surface area contributed by atoms with Crippen molar-refractivity contribution in [3.63, 3.8) is 0 Å². The fraction of sp³-hybridized carbons (Fsp3) is 0.235. The van der Waals surface area contributed by atoms with E-state index >= 15 is 0 Å². The fourth-order valence-corrected chi connectivity index (χ4v) is 2.14. The van der Waals surface area contributed by atoms with E-state index in [0.717, 1.165) is 17.9 Å². The molecule has 2 aromatic carbocycles.